The third kappa shape index (κ3) is 4.11. The Morgan fingerprint density at radius 3 is 3.04 bits per heavy atom. The van der Waals surface area contributed by atoms with Crippen molar-refractivity contribution in [2.45, 2.75) is 25.4 Å². The Kier molecular flexibility index (Phi) is 5.78. The zero-order valence-corrected chi connectivity index (χ0v) is 14.5. The molecular weight excluding hydrogens is 328 g/mol. The van der Waals surface area contributed by atoms with Crippen molar-refractivity contribution in [3.05, 3.63) is 24.3 Å². The van der Waals surface area contributed by atoms with Crippen LogP contribution in [0.5, 0.6) is 0 Å². The number of rotatable bonds is 8. The van der Waals surface area contributed by atoms with E-state index in [0.29, 0.717) is 31.8 Å². The van der Waals surface area contributed by atoms with Crippen LogP contribution in [0.2, 0.25) is 0 Å². The van der Waals surface area contributed by atoms with Crippen molar-refractivity contribution in [1.82, 2.24) is 15.0 Å². The number of nitrogens with two attached hydrogens (primary N) is 1. The van der Waals surface area contributed by atoms with Gasteiger partial charge in [-0.25, -0.2) is 15.0 Å². The molecule has 0 radical (unpaired) electrons. The van der Waals surface area contributed by atoms with Gasteiger partial charge in [-0.05, 0) is 18.9 Å². The molecule has 3 heterocycles. The summed E-state index contributed by atoms with van der Waals surface area (Å²) < 4.78 is 10.5. The first kappa shape index (κ1) is 16.9. The van der Waals surface area contributed by atoms with Crippen LogP contribution >= 0.6 is 11.3 Å². The van der Waals surface area contributed by atoms with E-state index in [1.54, 1.807) is 36.9 Å². The second kappa shape index (κ2) is 8.22. The standard InChI is InChI=1S/C15H22N6O2S/c1-22-10-23-9-11-4-2-7-21(11)15-20-13(16)14(24-15)19-8-12-17-5-3-6-18-12/h3,5-6,11,19H,2,4,7-10,16H2,1H3. The average Bonchev–Trinajstić information content (AvgIpc) is 3.20. The summed E-state index contributed by atoms with van der Waals surface area (Å²) in [6, 6.07) is 2.11. The summed E-state index contributed by atoms with van der Waals surface area (Å²) in [6.07, 6.45) is 5.66. The minimum absolute atomic E-state index is 0.314. The van der Waals surface area contributed by atoms with Gasteiger partial charge in [0.25, 0.3) is 0 Å². The number of nitrogens with one attached hydrogen (secondary N) is 1. The molecule has 0 amide bonds. The van der Waals surface area contributed by atoms with Crippen LogP contribution in [-0.4, -0.2) is 48.0 Å². The molecule has 2 aromatic heterocycles. The molecule has 0 spiro atoms. The molecule has 8 nitrogen and oxygen atoms in total. The van der Waals surface area contributed by atoms with Crippen molar-refractivity contribution in [3.8, 4) is 0 Å². The van der Waals surface area contributed by atoms with Crippen LogP contribution in [-0.2, 0) is 16.0 Å². The Hall–Kier alpha value is -1.97. The van der Waals surface area contributed by atoms with Crippen molar-refractivity contribution < 1.29 is 9.47 Å². The van der Waals surface area contributed by atoms with E-state index in [1.807, 2.05) is 0 Å². The van der Waals surface area contributed by atoms with Crippen LogP contribution in [0.15, 0.2) is 18.5 Å². The Morgan fingerprint density at radius 1 is 1.42 bits per heavy atom. The zero-order valence-electron chi connectivity index (χ0n) is 13.6. The summed E-state index contributed by atoms with van der Waals surface area (Å²) in [5.41, 5.74) is 6.06. The van der Waals surface area contributed by atoms with E-state index in [0.717, 1.165) is 35.3 Å². The highest BCUT2D eigenvalue weighted by molar-refractivity contribution is 7.20. The molecule has 1 saturated heterocycles. The van der Waals surface area contributed by atoms with E-state index in [4.69, 9.17) is 15.2 Å². The fourth-order valence-corrected chi connectivity index (χ4v) is 3.66. The molecule has 1 aliphatic rings. The predicted octanol–water partition coefficient (Wildman–Crippen LogP) is 1.72. The monoisotopic (exact) mass is 350 g/mol. The Balaban J connectivity index is 1.62. The molecule has 0 aromatic carbocycles. The Labute approximate surface area is 145 Å². The predicted molar refractivity (Wildman–Crippen MR) is 94.1 cm³/mol. The Bertz CT molecular complexity index is 638. The Morgan fingerprint density at radius 2 is 2.25 bits per heavy atom. The number of methoxy groups -OCH3 is 1. The lowest BCUT2D eigenvalue weighted by atomic mass is 10.2. The average molecular weight is 350 g/mol. The van der Waals surface area contributed by atoms with E-state index < -0.39 is 0 Å². The highest BCUT2D eigenvalue weighted by atomic mass is 32.1. The second-order valence-electron chi connectivity index (χ2n) is 5.50. The first-order chi connectivity index (χ1) is 11.8. The molecule has 0 aliphatic carbocycles. The van der Waals surface area contributed by atoms with Gasteiger partial charge in [-0.1, -0.05) is 11.3 Å². The highest BCUT2D eigenvalue weighted by Gasteiger charge is 2.28. The van der Waals surface area contributed by atoms with Crippen LogP contribution < -0.4 is 16.0 Å². The molecular formula is C15H22N6O2S. The first-order valence-corrected chi connectivity index (χ1v) is 8.69. The van der Waals surface area contributed by atoms with Gasteiger partial charge < -0.3 is 25.4 Å². The number of hydrogen-bond acceptors (Lipinski definition) is 9. The largest absolute Gasteiger partial charge is 0.381 e. The lowest BCUT2D eigenvalue weighted by molar-refractivity contribution is -0.0346. The fourth-order valence-electron chi connectivity index (χ4n) is 2.68. The first-order valence-electron chi connectivity index (χ1n) is 7.87. The fraction of sp³-hybridized carbons (Fsp3) is 0.533. The maximum atomic E-state index is 6.06. The number of thiazole rings is 1. The summed E-state index contributed by atoms with van der Waals surface area (Å²) in [7, 11) is 1.63. The van der Waals surface area contributed by atoms with Crippen molar-refractivity contribution in [3.63, 3.8) is 0 Å². The van der Waals surface area contributed by atoms with E-state index >= 15 is 0 Å². The van der Waals surface area contributed by atoms with Gasteiger partial charge in [0.1, 0.15) is 17.6 Å². The molecule has 2 aromatic rings. The third-order valence-corrected chi connectivity index (χ3v) is 4.87. The molecule has 1 unspecified atom stereocenters. The highest BCUT2D eigenvalue weighted by Crippen LogP contribution is 2.36. The van der Waals surface area contributed by atoms with Crippen molar-refractivity contribution in [2.75, 3.05) is 43.0 Å². The lowest BCUT2D eigenvalue weighted by Gasteiger charge is -2.23. The number of anilines is 3. The van der Waals surface area contributed by atoms with Gasteiger partial charge in [0.05, 0.1) is 19.2 Å². The summed E-state index contributed by atoms with van der Waals surface area (Å²) in [5, 5.41) is 5.04. The lowest BCUT2D eigenvalue weighted by Crippen LogP contribution is -2.33. The van der Waals surface area contributed by atoms with Crippen LogP contribution in [0.1, 0.15) is 18.7 Å². The van der Waals surface area contributed by atoms with E-state index in [2.05, 4.69) is 25.2 Å². The normalized spacial score (nSPS) is 17.4. The van der Waals surface area contributed by atoms with E-state index in [1.165, 1.54) is 0 Å². The van der Waals surface area contributed by atoms with Crippen LogP contribution in [0.25, 0.3) is 0 Å². The van der Waals surface area contributed by atoms with E-state index in [-0.39, 0.29) is 0 Å². The smallest absolute Gasteiger partial charge is 0.189 e. The number of nitrogens with zero attached hydrogens (tertiary/aromatic N) is 4. The van der Waals surface area contributed by atoms with Crippen molar-refractivity contribution >= 4 is 27.3 Å². The van der Waals surface area contributed by atoms with Gasteiger partial charge in [-0.3, -0.25) is 0 Å². The minimum Gasteiger partial charge on any atom is -0.381 e. The molecule has 24 heavy (non-hydrogen) atoms. The summed E-state index contributed by atoms with van der Waals surface area (Å²) in [6.45, 7) is 2.43. The van der Waals surface area contributed by atoms with Crippen molar-refractivity contribution in [1.29, 1.82) is 0 Å². The summed E-state index contributed by atoms with van der Waals surface area (Å²) in [4.78, 5) is 15.2. The van der Waals surface area contributed by atoms with Gasteiger partial charge in [0.2, 0.25) is 0 Å². The van der Waals surface area contributed by atoms with Gasteiger partial charge in [0, 0.05) is 26.0 Å². The minimum atomic E-state index is 0.314. The molecule has 1 fully saturated rings. The number of ether oxygens (including phenoxy) is 2. The van der Waals surface area contributed by atoms with E-state index in [9.17, 15) is 0 Å². The maximum Gasteiger partial charge on any atom is 0.189 e. The molecule has 0 bridgehead atoms. The zero-order chi connectivity index (χ0) is 16.8. The molecule has 3 rings (SSSR count). The topological polar surface area (TPSA) is 98.4 Å². The molecule has 0 saturated carbocycles. The van der Waals surface area contributed by atoms with Gasteiger partial charge >= 0.3 is 0 Å². The van der Waals surface area contributed by atoms with Crippen LogP contribution in [0.3, 0.4) is 0 Å². The molecule has 1 atom stereocenters. The number of hydrogen-bond donors (Lipinski definition) is 2. The van der Waals surface area contributed by atoms with Gasteiger partial charge in [0.15, 0.2) is 10.9 Å². The van der Waals surface area contributed by atoms with Crippen LogP contribution in [0.4, 0.5) is 16.0 Å². The quantitative estimate of drug-likeness (QED) is 0.548. The molecule has 3 N–H and O–H groups in total. The van der Waals surface area contributed by atoms with Gasteiger partial charge in [-0.15, -0.1) is 0 Å². The SMILES string of the molecule is COCOCC1CCCN1c1nc(N)c(NCc2ncccn2)s1. The molecule has 9 heteroatoms. The second-order valence-corrected chi connectivity index (χ2v) is 6.47. The van der Waals surface area contributed by atoms with Crippen molar-refractivity contribution in [2.24, 2.45) is 0 Å². The molecule has 130 valence electrons. The van der Waals surface area contributed by atoms with Crippen LogP contribution in [0, 0.1) is 0 Å². The maximum absolute atomic E-state index is 6.06. The molecule has 1 aliphatic heterocycles. The van der Waals surface area contributed by atoms with Gasteiger partial charge in [-0.2, -0.15) is 0 Å². The number of aromatic nitrogens is 3. The number of nitrogen functional groups attached to an aromatic ring is 1. The summed E-state index contributed by atoms with van der Waals surface area (Å²) in [5.74, 6) is 1.23. The summed E-state index contributed by atoms with van der Waals surface area (Å²) >= 11 is 1.56. The third-order valence-electron chi connectivity index (χ3n) is 3.80.